The van der Waals surface area contributed by atoms with Crippen LogP contribution in [0.5, 0.6) is 0 Å². The van der Waals surface area contributed by atoms with Crippen LogP contribution in [0.3, 0.4) is 0 Å². The quantitative estimate of drug-likeness (QED) is 0.0450. The maximum Gasteiger partial charge on any atom is 0.0348 e. The van der Waals surface area contributed by atoms with Crippen LogP contribution in [0, 0.1) is 0 Å². The van der Waals surface area contributed by atoms with Crippen LogP contribution in [0.4, 0.5) is 0 Å². The van der Waals surface area contributed by atoms with Crippen LogP contribution in [0.2, 0.25) is 0 Å². The fourth-order valence-corrected chi connectivity index (χ4v) is 9.67. The minimum absolute atomic E-state index is 1.20. The smallest absolute Gasteiger partial charge is 0.0348 e. The van der Waals surface area contributed by atoms with Gasteiger partial charge in [-0.05, 0) is 84.0 Å². The van der Waals surface area contributed by atoms with Crippen LogP contribution in [0.15, 0.2) is 60.7 Å². The van der Waals surface area contributed by atoms with Crippen molar-refractivity contribution in [1.82, 2.24) is 0 Å². The number of rotatable bonds is 26. The molecule has 0 spiro atoms. The molecule has 0 atom stereocenters. The van der Waals surface area contributed by atoms with Crippen LogP contribution in [-0.2, 0) is 25.7 Å². The lowest BCUT2D eigenvalue weighted by Crippen LogP contribution is -1.89. The standard InChI is InChI=1S/C48H68S2/c1-5-9-11-13-15-17-19-21-25-45-43(23-7-3)37-47(49-45)41-33-29-39(30-34-41)27-28-40-31-35-42(36-32-40)48-38-44(24-8-4)46(50-48)26-22-20-18-16-14-12-10-6-2/h27-38H,5-26H2,1-4H3. The van der Waals surface area contributed by atoms with Gasteiger partial charge < -0.3 is 0 Å². The summed E-state index contributed by atoms with van der Waals surface area (Å²) in [4.78, 5) is 6.13. The summed E-state index contributed by atoms with van der Waals surface area (Å²) in [6.07, 6.45) is 34.1. The van der Waals surface area contributed by atoms with Crippen molar-refractivity contribution in [2.75, 3.05) is 0 Å². The first kappa shape index (κ1) is 40.4. The second-order valence-corrected chi connectivity index (χ2v) is 16.9. The van der Waals surface area contributed by atoms with E-state index in [0.717, 1.165) is 0 Å². The number of unbranched alkanes of at least 4 members (excludes halogenated alkanes) is 14. The molecular formula is C48H68S2. The summed E-state index contributed by atoms with van der Waals surface area (Å²) in [5.74, 6) is 0. The molecule has 0 unspecified atom stereocenters. The van der Waals surface area contributed by atoms with Gasteiger partial charge in [0.1, 0.15) is 0 Å². The normalized spacial score (nSPS) is 11.7. The summed E-state index contributed by atoms with van der Waals surface area (Å²) < 4.78 is 0. The number of aryl methyl sites for hydroxylation is 4. The van der Waals surface area contributed by atoms with E-state index in [1.807, 2.05) is 22.7 Å². The Hall–Kier alpha value is -2.42. The first-order valence-corrected chi connectivity index (χ1v) is 22.4. The Morgan fingerprint density at radius 2 is 0.720 bits per heavy atom. The van der Waals surface area contributed by atoms with Gasteiger partial charge in [0, 0.05) is 19.5 Å². The molecule has 0 aliphatic carbocycles. The van der Waals surface area contributed by atoms with E-state index >= 15 is 0 Å². The average Bonchev–Trinajstić information content (AvgIpc) is 3.74. The number of benzene rings is 2. The van der Waals surface area contributed by atoms with Gasteiger partial charge in [-0.3, -0.25) is 0 Å². The van der Waals surface area contributed by atoms with E-state index in [1.54, 1.807) is 20.9 Å². The zero-order chi connectivity index (χ0) is 35.2. The molecule has 0 radical (unpaired) electrons. The van der Waals surface area contributed by atoms with E-state index in [2.05, 4.69) is 101 Å². The zero-order valence-corrected chi connectivity index (χ0v) is 33.9. The molecule has 0 nitrogen and oxygen atoms in total. The molecule has 0 aliphatic rings. The number of thiophene rings is 2. The van der Waals surface area contributed by atoms with Crippen LogP contribution >= 0.6 is 22.7 Å². The van der Waals surface area contributed by atoms with Gasteiger partial charge in [0.2, 0.25) is 0 Å². The molecule has 2 heteroatoms. The molecule has 272 valence electrons. The van der Waals surface area contributed by atoms with Crippen LogP contribution < -0.4 is 0 Å². The molecule has 4 rings (SSSR count). The Bertz CT molecular complexity index is 1370. The predicted octanol–water partition coefficient (Wildman–Crippen LogP) is 16.6. The Labute approximate surface area is 315 Å². The lowest BCUT2D eigenvalue weighted by atomic mass is 10.0. The first-order valence-electron chi connectivity index (χ1n) is 20.8. The summed E-state index contributed by atoms with van der Waals surface area (Å²) in [6, 6.07) is 23.4. The first-order chi connectivity index (χ1) is 24.6. The summed E-state index contributed by atoms with van der Waals surface area (Å²) >= 11 is 4.08. The highest BCUT2D eigenvalue weighted by atomic mass is 32.1. The van der Waals surface area contributed by atoms with Crippen LogP contribution in [0.25, 0.3) is 33.0 Å². The van der Waals surface area contributed by atoms with E-state index in [1.165, 1.54) is 173 Å². The highest BCUT2D eigenvalue weighted by Crippen LogP contribution is 2.35. The summed E-state index contributed by atoms with van der Waals surface area (Å²) in [7, 11) is 0. The highest BCUT2D eigenvalue weighted by Gasteiger charge is 2.12. The van der Waals surface area contributed by atoms with Crippen molar-refractivity contribution in [3.63, 3.8) is 0 Å². The SMILES string of the molecule is CCCCCCCCCCc1sc(-c2ccc(C=Cc3ccc(-c4cc(CCC)c(CCCCCCCCCC)s4)cc3)cc2)cc1CCC. The topological polar surface area (TPSA) is 0 Å². The molecule has 2 aromatic carbocycles. The van der Waals surface area contributed by atoms with Gasteiger partial charge >= 0.3 is 0 Å². The predicted molar refractivity (Wildman–Crippen MR) is 229 cm³/mol. The molecule has 0 saturated heterocycles. The van der Waals surface area contributed by atoms with Gasteiger partial charge in [0.15, 0.2) is 0 Å². The Morgan fingerprint density at radius 1 is 0.380 bits per heavy atom. The molecule has 2 heterocycles. The summed E-state index contributed by atoms with van der Waals surface area (Å²) in [5, 5.41) is 0. The number of hydrogen-bond donors (Lipinski definition) is 0. The van der Waals surface area contributed by atoms with Crippen molar-refractivity contribution >= 4 is 34.8 Å². The number of hydrogen-bond acceptors (Lipinski definition) is 2. The zero-order valence-electron chi connectivity index (χ0n) is 32.3. The van der Waals surface area contributed by atoms with Crippen molar-refractivity contribution < 1.29 is 0 Å². The van der Waals surface area contributed by atoms with Gasteiger partial charge in [-0.1, -0.05) is 191 Å². The van der Waals surface area contributed by atoms with Crippen molar-refractivity contribution in [2.45, 2.75) is 169 Å². The van der Waals surface area contributed by atoms with E-state index in [0.29, 0.717) is 0 Å². The molecule has 0 bridgehead atoms. The Morgan fingerprint density at radius 3 is 1.06 bits per heavy atom. The third-order valence-corrected chi connectivity index (χ3v) is 12.8. The van der Waals surface area contributed by atoms with Gasteiger partial charge in [-0.2, -0.15) is 0 Å². The molecule has 0 amide bonds. The second kappa shape index (κ2) is 23.9. The van der Waals surface area contributed by atoms with Crippen LogP contribution in [0.1, 0.15) is 175 Å². The fraction of sp³-hybridized carbons (Fsp3) is 0.542. The Balaban J connectivity index is 1.29. The van der Waals surface area contributed by atoms with E-state index < -0.39 is 0 Å². The van der Waals surface area contributed by atoms with Gasteiger partial charge in [-0.25, -0.2) is 0 Å². The van der Waals surface area contributed by atoms with E-state index in [4.69, 9.17) is 0 Å². The van der Waals surface area contributed by atoms with Gasteiger partial charge in [0.05, 0.1) is 0 Å². The lowest BCUT2D eigenvalue weighted by Gasteiger charge is -2.03. The average molecular weight is 709 g/mol. The molecule has 0 saturated carbocycles. The van der Waals surface area contributed by atoms with Crippen molar-refractivity contribution in [3.8, 4) is 20.9 Å². The fourth-order valence-electron chi connectivity index (χ4n) is 7.15. The minimum Gasteiger partial charge on any atom is -0.140 e. The molecular weight excluding hydrogens is 641 g/mol. The second-order valence-electron chi connectivity index (χ2n) is 14.6. The Kier molecular flexibility index (Phi) is 19.3. The monoisotopic (exact) mass is 708 g/mol. The van der Waals surface area contributed by atoms with Crippen molar-refractivity contribution in [2.24, 2.45) is 0 Å². The summed E-state index contributed by atoms with van der Waals surface area (Å²) in [5.41, 5.74) is 8.41. The van der Waals surface area contributed by atoms with E-state index in [9.17, 15) is 0 Å². The van der Waals surface area contributed by atoms with Gasteiger partial charge in [-0.15, -0.1) is 22.7 Å². The summed E-state index contributed by atoms with van der Waals surface area (Å²) in [6.45, 7) is 9.23. The maximum atomic E-state index is 2.48. The largest absolute Gasteiger partial charge is 0.140 e. The maximum absolute atomic E-state index is 2.48. The van der Waals surface area contributed by atoms with Crippen molar-refractivity contribution in [1.29, 1.82) is 0 Å². The van der Waals surface area contributed by atoms with Gasteiger partial charge in [0.25, 0.3) is 0 Å². The minimum atomic E-state index is 1.20. The van der Waals surface area contributed by atoms with E-state index in [-0.39, 0.29) is 0 Å². The molecule has 0 fully saturated rings. The molecule has 2 aromatic heterocycles. The molecule has 50 heavy (non-hydrogen) atoms. The molecule has 0 N–H and O–H groups in total. The third-order valence-electron chi connectivity index (χ3n) is 10.2. The molecule has 0 aliphatic heterocycles. The third kappa shape index (κ3) is 14.0. The highest BCUT2D eigenvalue weighted by molar-refractivity contribution is 7.16. The van der Waals surface area contributed by atoms with Crippen molar-refractivity contribution in [3.05, 3.63) is 92.7 Å². The van der Waals surface area contributed by atoms with Crippen LogP contribution in [-0.4, -0.2) is 0 Å². The molecule has 4 aromatic rings. The lowest BCUT2D eigenvalue weighted by molar-refractivity contribution is 0.576.